The molecule has 0 saturated heterocycles. The molecule has 0 aliphatic rings. The molecule has 2 rings (SSSR count). The van der Waals surface area contributed by atoms with E-state index in [1.165, 1.54) is 0 Å². The van der Waals surface area contributed by atoms with Gasteiger partial charge in [0.1, 0.15) is 12.3 Å². The van der Waals surface area contributed by atoms with E-state index in [0.29, 0.717) is 42.0 Å². The summed E-state index contributed by atoms with van der Waals surface area (Å²) in [4.78, 5) is 32.8. The minimum absolute atomic E-state index is 0.00233. The first-order valence-electron chi connectivity index (χ1n) is 10.3. The highest BCUT2D eigenvalue weighted by Gasteiger charge is 2.30. The van der Waals surface area contributed by atoms with Gasteiger partial charge in [0.2, 0.25) is 11.7 Å². The van der Waals surface area contributed by atoms with E-state index in [9.17, 15) is 9.59 Å². The summed E-state index contributed by atoms with van der Waals surface area (Å²) in [5.41, 5.74) is 0.826. The van der Waals surface area contributed by atoms with Crippen molar-refractivity contribution in [2.24, 2.45) is 17.3 Å². The van der Waals surface area contributed by atoms with Gasteiger partial charge in [-0.05, 0) is 24.0 Å². The molecule has 1 aromatic carbocycles. The van der Waals surface area contributed by atoms with Gasteiger partial charge in [-0.1, -0.05) is 48.5 Å². The van der Waals surface area contributed by atoms with Crippen molar-refractivity contribution in [2.75, 3.05) is 20.2 Å². The van der Waals surface area contributed by atoms with E-state index >= 15 is 0 Å². The molecule has 0 spiro atoms. The second-order valence-corrected chi connectivity index (χ2v) is 9.54. The third kappa shape index (κ3) is 5.58. The summed E-state index contributed by atoms with van der Waals surface area (Å²) in [5, 5.41) is 0. The fraction of sp³-hybridized carbons (Fsp3) is 0.609. The van der Waals surface area contributed by atoms with Crippen LogP contribution in [0, 0.1) is 17.3 Å². The molecule has 0 bridgehead atoms. The third-order valence-electron chi connectivity index (χ3n) is 4.66. The third-order valence-corrected chi connectivity index (χ3v) is 4.66. The normalized spacial score (nSPS) is 12.1. The highest BCUT2D eigenvalue weighted by atomic mass is 16.5. The number of nitrogens with zero attached hydrogens (tertiary/aromatic N) is 3. The summed E-state index contributed by atoms with van der Waals surface area (Å²) < 4.78 is 7.10. The maximum Gasteiger partial charge on any atom is 0.242 e. The molecule has 6 nitrogen and oxygen atoms in total. The number of aromatic nitrogens is 2. The summed E-state index contributed by atoms with van der Waals surface area (Å²) >= 11 is 0. The Labute approximate surface area is 174 Å². The van der Waals surface area contributed by atoms with Crippen LogP contribution < -0.4 is 4.74 Å². The fourth-order valence-electron chi connectivity index (χ4n) is 3.29. The molecular weight excluding hydrogens is 366 g/mol. The minimum Gasteiger partial charge on any atom is -0.497 e. The van der Waals surface area contributed by atoms with Crippen LogP contribution in [0.25, 0.3) is 11.0 Å². The molecular formula is C23H35N3O3. The first-order valence-corrected chi connectivity index (χ1v) is 10.3. The van der Waals surface area contributed by atoms with Crippen LogP contribution in [0.15, 0.2) is 18.2 Å². The largest absolute Gasteiger partial charge is 0.497 e. The van der Waals surface area contributed by atoms with Crippen LogP contribution in [0.5, 0.6) is 5.75 Å². The molecule has 2 aromatic rings. The van der Waals surface area contributed by atoms with Crippen molar-refractivity contribution in [3.8, 4) is 5.75 Å². The van der Waals surface area contributed by atoms with Gasteiger partial charge in [-0.2, -0.15) is 0 Å². The number of Topliss-reactive ketones (excluding diaryl/α,β-unsaturated/α-hetero) is 1. The van der Waals surface area contributed by atoms with Crippen molar-refractivity contribution in [1.82, 2.24) is 14.5 Å². The van der Waals surface area contributed by atoms with Crippen molar-refractivity contribution in [1.29, 1.82) is 0 Å². The van der Waals surface area contributed by atoms with Gasteiger partial charge in [0.15, 0.2) is 5.82 Å². The summed E-state index contributed by atoms with van der Waals surface area (Å²) in [6, 6.07) is 5.48. The Hall–Kier alpha value is -2.37. The second kappa shape index (κ2) is 8.97. The number of hydrogen-bond donors (Lipinski definition) is 0. The van der Waals surface area contributed by atoms with Gasteiger partial charge >= 0.3 is 0 Å². The molecule has 0 N–H and O–H groups in total. The van der Waals surface area contributed by atoms with Crippen LogP contribution in [0.3, 0.4) is 0 Å². The lowest BCUT2D eigenvalue weighted by molar-refractivity contribution is -0.132. The average molecular weight is 402 g/mol. The first kappa shape index (κ1) is 22.9. The predicted molar refractivity (Wildman–Crippen MR) is 116 cm³/mol. The average Bonchev–Trinajstić information content (AvgIpc) is 2.96. The molecule has 1 amide bonds. The fourth-order valence-corrected chi connectivity index (χ4v) is 3.29. The molecule has 160 valence electrons. The number of carbonyl (C=O) groups excluding carboxylic acids is 2. The Bertz CT molecular complexity index is 865. The number of ketones is 1. The highest BCUT2D eigenvalue weighted by Crippen LogP contribution is 2.27. The topological polar surface area (TPSA) is 64.4 Å². The molecule has 29 heavy (non-hydrogen) atoms. The highest BCUT2D eigenvalue weighted by molar-refractivity contribution is 6.00. The van der Waals surface area contributed by atoms with Crippen molar-refractivity contribution in [2.45, 2.75) is 55.0 Å². The maximum atomic E-state index is 13.2. The van der Waals surface area contributed by atoms with Crippen molar-refractivity contribution >= 4 is 22.7 Å². The van der Waals surface area contributed by atoms with Gasteiger partial charge in [-0.25, -0.2) is 4.98 Å². The lowest BCUT2D eigenvalue weighted by atomic mass is 9.90. The Morgan fingerprint density at radius 3 is 2.17 bits per heavy atom. The van der Waals surface area contributed by atoms with Crippen LogP contribution in [0.2, 0.25) is 0 Å². The maximum absolute atomic E-state index is 13.2. The Kier molecular flexibility index (Phi) is 7.09. The zero-order valence-corrected chi connectivity index (χ0v) is 19.1. The number of hydrogen-bond acceptors (Lipinski definition) is 4. The number of carbonyl (C=O) groups is 2. The van der Waals surface area contributed by atoms with E-state index < -0.39 is 5.41 Å². The van der Waals surface area contributed by atoms with Crippen LogP contribution in [-0.2, 0) is 11.3 Å². The van der Waals surface area contributed by atoms with E-state index in [4.69, 9.17) is 4.74 Å². The molecule has 0 aliphatic heterocycles. The van der Waals surface area contributed by atoms with Crippen molar-refractivity contribution in [3.63, 3.8) is 0 Å². The van der Waals surface area contributed by atoms with Gasteiger partial charge in [-0.3, -0.25) is 9.59 Å². The Morgan fingerprint density at radius 2 is 1.69 bits per heavy atom. The van der Waals surface area contributed by atoms with Crippen LogP contribution in [0.1, 0.15) is 59.1 Å². The van der Waals surface area contributed by atoms with Crippen LogP contribution >= 0.6 is 0 Å². The Balaban J connectivity index is 2.52. The molecule has 0 unspecified atom stereocenters. The van der Waals surface area contributed by atoms with E-state index in [1.807, 2.05) is 43.9 Å². The SMILES string of the molecule is COc1ccc2nc(C(=O)C(C)(C)C)n(CC(=O)N(CC(C)C)CC(C)C)c2c1. The molecule has 0 fully saturated rings. The van der Waals surface area contributed by atoms with E-state index in [0.717, 1.165) is 5.52 Å². The lowest BCUT2D eigenvalue weighted by Crippen LogP contribution is -2.39. The number of rotatable bonds is 8. The molecule has 0 atom stereocenters. The van der Waals surface area contributed by atoms with Gasteiger partial charge in [0, 0.05) is 24.6 Å². The molecule has 0 radical (unpaired) electrons. The molecule has 0 aliphatic carbocycles. The minimum atomic E-state index is -0.595. The van der Waals surface area contributed by atoms with E-state index in [2.05, 4.69) is 32.7 Å². The summed E-state index contributed by atoms with van der Waals surface area (Å²) in [6.07, 6.45) is 0. The van der Waals surface area contributed by atoms with Gasteiger partial charge in [0.05, 0.1) is 18.1 Å². The number of amides is 1. The number of fused-ring (bicyclic) bond motifs is 1. The zero-order chi connectivity index (χ0) is 21.9. The quantitative estimate of drug-likeness (QED) is 0.615. The Morgan fingerprint density at radius 1 is 1.10 bits per heavy atom. The van der Waals surface area contributed by atoms with Crippen LogP contribution in [0.4, 0.5) is 0 Å². The summed E-state index contributed by atoms with van der Waals surface area (Å²) in [7, 11) is 1.60. The standard InChI is InChI=1S/C23H35N3O3/c1-15(2)12-25(13-16(3)4)20(27)14-26-19-11-17(29-8)9-10-18(19)24-22(26)21(28)23(5,6)7/h9-11,15-16H,12-14H2,1-8H3. The smallest absolute Gasteiger partial charge is 0.242 e. The molecule has 1 heterocycles. The van der Waals surface area contributed by atoms with Gasteiger partial charge in [-0.15, -0.1) is 0 Å². The van der Waals surface area contributed by atoms with Gasteiger partial charge in [0.25, 0.3) is 0 Å². The zero-order valence-electron chi connectivity index (χ0n) is 19.1. The van der Waals surface area contributed by atoms with E-state index in [-0.39, 0.29) is 18.2 Å². The van der Waals surface area contributed by atoms with Gasteiger partial charge < -0.3 is 14.2 Å². The summed E-state index contributed by atoms with van der Waals surface area (Å²) in [6.45, 7) is 15.5. The molecule has 1 aromatic heterocycles. The van der Waals surface area contributed by atoms with Crippen molar-refractivity contribution < 1.29 is 14.3 Å². The van der Waals surface area contributed by atoms with Crippen LogP contribution in [-0.4, -0.2) is 46.3 Å². The second-order valence-electron chi connectivity index (χ2n) is 9.54. The van der Waals surface area contributed by atoms with Crippen molar-refractivity contribution in [3.05, 3.63) is 24.0 Å². The number of benzene rings is 1. The summed E-state index contributed by atoms with van der Waals surface area (Å²) in [5.74, 6) is 1.64. The molecule has 6 heteroatoms. The number of ether oxygens (including phenoxy) is 1. The number of imidazole rings is 1. The number of methoxy groups -OCH3 is 1. The first-order chi connectivity index (χ1) is 13.4. The monoisotopic (exact) mass is 401 g/mol. The predicted octanol–water partition coefficient (Wildman–Crippen LogP) is 4.41. The molecule has 0 saturated carbocycles. The van der Waals surface area contributed by atoms with E-state index in [1.54, 1.807) is 11.7 Å². The lowest BCUT2D eigenvalue weighted by Gasteiger charge is -2.27.